The molecular formula is C13H23NO. The predicted molar refractivity (Wildman–Crippen MR) is 65.4 cm³/mol. The zero-order valence-electron chi connectivity index (χ0n) is 10.8. The van der Waals surface area contributed by atoms with Crippen molar-refractivity contribution in [2.24, 2.45) is 5.41 Å². The fourth-order valence-electron chi connectivity index (χ4n) is 1.06. The van der Waals surface area contributed by atoms with E-state index in [1.165, 1.54) is 0 Å². The molecule has 2 nitrogen and oxygen atoms in total. The molecule has 1 aliphatic heterocycles. The quantitative estimate of drug-likeness (QED) is 0.651. The molecule has 1 amide bonds. The van der Waals surface area contributed by atoms with Gasteiger partial charge in [0.05, 0.1) is 6.42 Å². The molecule has 0 spiro atoms. The normalized spacial score (nSPS) is 21.3. The van der Waals surface area contributed by atoms with Crippen LogP contribution in [0.2, 0.25) is 0 Å². The molecule has 0 atom stereocenters. The third kappa shape index (κ3) is 6.95. The van der Waals surface area contributed by atoms with E-state index in [9.17, 15) is 4.79 Å². The second-order valence-electron chi connectivity index (χ2n) is 5.24. The Morgan fingerprint density at radius 2 is 1.60 bits per heavy atom. The van der Waals surface area contributed by atoms with Crippen LogP contribution in [0.1, 0.15) is 48.0 Å². The molecule has 0 aromatic carbocycles. The van der Waals surface area contributed by atoms with Crippen molar-refractivity contribution in [3.63, 3.8) is 0 Å². The topological polar surface area (TPSA) is 29.1 Å². The van der Waals surface area contributed by atoms with Gasteiger partial charge in [-0.25, -0.2) is 0 Å². The number of nitrogens with one attached hydrogen (secondary N) is 1. The van der Waals surface area contributed by atoms with Crippen LogP contribution in [-0.4, -0.2) is 5.91 Å². The second-order valence-corrected chi connectivity index (χ2v) is 5.24. The smallest absolute Gasteiger partial charge is 0.228 e. The SMILES string of the molecule is C/C=C1/CC(=O)N/C1=C/C.CC(C)(C)C. The molecule has 15 heavy (non-hydrogen) atoms. The van der Waals surface area contributed by atoms with E-state index >= 15 is 0 Å². The first-order valence-corrected chi connectivity index (χ1v) is 5.39. The minimum absolute atomic E-state index is 0.0983. The molecular weight excluding hydrogens is 186 g/mol. The number of carbonyl (C=O) groups excluding carboxylic acids is 1. The van der Waals surface area contributed by atoms with Crippen LogP contribution in [0.5, 0.6) is 0 Å². The molecule has 1 heterocycles. The van der Waals surface area contributed by atoms with E-state index in [2.05, 4.69) is 33.0 Å². The van der Waals surface area contributed by atoms with Crippen molar-refractivity contribution >= 4 is 5.91 Å². The molecule has 1 fully saturated rings. The molecule has 0 aliphatic carbocycles. The maximum atomic E-state index is 10.8. The van der Waals surface area contributed by atoms with Crippen LogP contribution in [0.15, 0.2) is 23.4 Å². The van der Waals surface area contributed by atoms with Crippen LogP contribution in [0, 0.1) is 5.41 Å². The summed E-state index contributed by atoms with van der Waals surface area (Å²) in [6.45, 7) is 12.6. The van der Waals surface area contributed by atoms with E-state index < -0.39 is 0 Å². The Morgan fingerprint density at radius 3 is 1.87 bits per heavy atom. The Kier molecular flexibility index (Phi) is 5.34. The number of hydrogen-bond acceptors (Lipinski definition) is 1. The zero-order valence-corrected chi connectivity index (χ0v) is 10.8. The van der Waals surface area contributed by atoms with Gasteiger partial charge in [0.25, 0.3) is 0 Å². The maximum Gasteiger partial charge on any atom is 0.228 e. The fourth-order valence-corrected chi connectivity index (χ4v) is 1.06. The third-order valence-corrected chi connectivity index (χ3v) is 1.61. The van der Waals surface area contributed by atoms with Gasteiger partial charge in [-0.1, -0.05) is 39.8 Å². The van der Waals surface area contributed by atoms with Crippen molar-refractivity contribution < 1.29 is 4.79 Å². The van der Waals surface area contributed by atoms with Gasteiger partial charge in [0, 0.05) is 5.70 Å². The molecule has 0 aromatic rings. The van der Waals surface area contributed by atoms with E-state index in [4.69, 9.17) is 0 Å². The van der Waals surface area contributed by atoms with Crippen molar-refractivity contribution in [2.45, 2.75) is 48.0 Å². The Morgan fingerprint density at radius 1 is 1.13 bits per heavy atom. The molecule has 1 N–H and O–H groups in total. The number of rotatable bonds is 0. The van der Waals surface area contributed by atoms with Gasteiger partial charge in [0.1, 0.15) is 0 Å². The lowest BCUT2D eigenvalue weighted by Crippen LogP contribution is -2.11. The Labute approximate surface area is 93.5 Å². The van der Waals surface area contributed by atoms with Crippen LogP contribution in [0.4, 0.5) is 0 Å². The maximum absolute atomic E-state index is 10.8. The highest BCUT2D eigenvalue weighted by atomic mass is 16.1. The molecule has 2 heteroatoms. The van der Waals surface area contributed by atoms with Crippen LogP contribution in [-0.2, 0) is 4.79 Å². The Hall–Kier alpha value is -1.05. The summed E-state index contributed by atoms with van der Waals surface area (Å²) in [5.41, 5.74) is 2.57. The standard InChI is InChI=1S/C8H11NO.C5H12/c1-3-6-5-8(10)9-7(6)4-2;1-5(2,3)4/h3-4H,5H2,1-2H3,(H,9,10);1-4H3/b6-3-,7-4+;. The van der Waals surface area contributed by atoms with Crippen molar-refractivity contribution in [1.82, 2.24) is 5.32 Å². The van der Waals surface area contributed by atoms with Gasteiger partial charge in [-0.3, -0.25) is 4.79 Å². The molecule has 0 radical (unpaired) electrons. The van der Waals surface area contributed by atoms with E-state index in [1.54, 1.807) is 0 Å². The molecule has 1 aliphatic rings. The highest BCUT2D eigenvalue weighted by Crippen LogP contribution is 2.17. The van der Waals surface area contributed by atoms with Crippen molar-refractivity contribution in [3.05, 3.63) is 23.4 Å². The van der Waals surface area contributed by atoms with Crippen LogP contribution in [0.3, 0.4) is 0 Å². The van der Waals surface area contributed by atoms with Crippen LogP contribution in [0.25, 0.3) is 0 Å². The van der Waals surface area contributed by atoms with E-state index in [0.717, 1.165) is 11.3 Å². The third-order valence-electron chi connectivity index (χ3n) is 1.61. The molecule has 0 bridgehead atoms. The number of hydrogen-bond donors (Lipinski definition) is 1. The predicted octanol–water partition coefficient (Wildman–Crippen LogP) is 3.41. The van der Waals surface area contributed by atoms with Gasteiger partial charge in [-0.15, -0.1) is 0 Å². The minimum Gasteiger partial charge on any atom is -0.326 e. The summed E-state index contributed by atoms with van der Waals surface area (Å²) in [5, 5.41) is 2.76. The lowest BCUT2D eigenvalue weighted by molar-refractivity contribution is -0.118. The lowest BCUT2D eigenvalue weighted by atomic mass is 10.0. The Bertz CT molecular complexity index is 251. The summed E-state index contributed by atoms with van der Waals surface area (Å²) in [6, 6.07) is 0. The number of carbonyl (C=O) groups is 1. The van der Waals surface area contributed by atoms with Crippen molar-refractivity contribution in [2.75, 3.05) is 0 Å². The van der Waals surface area contributed by atoms with Gasteiger partial charge in [-0.2, -0.15) is 0 Å². The van der Waals surface area contributed by atoms with Gasteiger partial charge >= 0.3 is 0 Å². The second kappa shape index (κ2) is 5.74. The first-order valence-electron chi connectivity index (χ1n) is 5.39. The first kappa shape index (κ1) is 13.9. The highest BCUT2D eigenvalue weighted by Gasteiger charge is 2.17. The fraction of sp³-hybridized carbons (Fsp3) is 0.615. The summed E-state index contributed by atoms with van der Waals surface area (Å²) in [6.07, 6.45) is 4.42. The molecule has 0 aromatic heterocycles. The Balaban J connectivity index is 0.000000336. The lowest BCUT2D eigenvalue weighted by Gasteiger charge is -2.05. The summed E-state index contributed by atoms with van der Waals surface area (Å²) in [4.78, 5) is 10.8. The molecule has 1 rings (SSSR count). The minimum atomic E-state index is 0.0983. The monoisotopic (exact) mass is 209 g/mol. The van der Waals surface area contributed by atoms with E-state index in [1.807, 2.05) is 26.0 Å². The molecule has 0 saturated carbocycles. The molecule has 1 saturated heterocycles. The average Bonchev–Trinajstić information content (AvgIpc) is 2.43. The van der Waals surface area contributed by atoms with Gasteiger partial charge in [-0.05, 0) is 24.8 Å². The van der Waals surface area contributed by atoms with Crippen molar-refractivity contribution in [3.8, 4) is 0 Å². The van der Waals surface area contributed by atoms with Gasteiger partial charge < -0.3 is 5.32 Å². The zero-order chi connectivity index (χ0) is 12.1. The van der Waals surface area contributed by atoms with Crippen LogP contribution < -0.4 is 5.32 Å². The largest absolute Gasteiger partial charge is 0.326 e. The van der Waals surface area contributed by atoms with Crippen LogP contribution >= 0.6 is 0 Å². The summed E-state index contributed by atoms with van der Waals surface area (Å²) >= 11 is 0. The summed E-state index contributed by atoms with van der Waals surface area (Å²) in [7, 11) is 0. The first-order chi connectivity index (χ1) is 6.77. The summed E-state index contributed by atoms with van der Waals surface area (Å²) < 4.78 is 0. The van der Waals surface area contributed by atoms with E-state index in [-0.39, 0.29) is 5.91 Å². The van der Waals surface area contributed by atoms with Gasteiger partial charge in [0.15, 0.2) is 0 Å². The molecule has 0 unspecified atom stereocenters. The van der Waals surface area contributed by atoms with Gasteiger partial charge in [0.2, 0.25) is 5.91 Å². The van der Waals surface area contributed by atoms with Crippen molar-refractivity contribution in [1.29, 1.82) is 0 Å². The average molecular weight is 209 g/mol. The number of amides is 1. The summed E-state index contributed by atoms with van der Waals surface area (Å²) in [5.74, 6) is 0.0983. The van der Waals surface area contributed by atoms with E-state index in [0.29, 0.717) is 11.8 Å². The molecule has 86 valence electrons. The number of allylic oxidation sites excluding steroid dienone is 3. The highest BCUT2D eigenvalue weighted by molar-refractivity contribution is 5.86.